The summed E-state index contributed by atoms with van der Waals surface area (Å²) in [5.74, 6) is 0. The van der Waals surface area contributed by atoms with Gasteiger partial charge in [-0.05, 0) is 33.4 Å². The van der Waals surface area contributed by atoms with Crippen LogP contribution in [0.1, 0.15) is 77.6 Å². The van der Waals surface area contributed by atoms with E-state index in [9.17, 15) is 0 Å². The zero-order chi connectivity index (χ0) is 27.0. The molecule has 0 aromatic heterocycles. The van der Waals surface area contributed by atoms with E-state index in [2.05, 4.69) is 121 Å². The highest BCUT2D eigenvalue weighted by atomic mass is 14.0. The Morgan fingerprint density at radius 1 is 0.278 bits per heavy atom. The van der Waals surface area contributed by atoms with Gasteiger partial charge in [0.1, 0.15) is 0 Å². The number of hydrogen-bond donors (Lipinski definition) is 0. The second kappa shape index (κ2) is 21.9. The van der Waals surface area contributed by atoms with Gasteiger partial charge in [-0.2, -0.15) is 0 Å². The average Bonchev–Trinajstić information content (AvgIpc) is 3.01. The molecule has 4 rings (SSSR count). The molecule has 0 aliphatic heterocycles. The molecule has 0 nitrogen and oxygen atoms in total. The average molecular weight is 479 g/mol. The molecule has 0 amide bonds. The fourth-order valence-electron chi connectivity index (χ4n) is 3.09. The van der Waals surface area contributed by atoms with Crippen LogP contribution in [0, 0.1) is 0 Å². The van der Waals surface area contributed by atoms with E-state index in [1.54, 1.807) is 0 Å². The lowest BCUT2D eigenvalue weighted by Crippen LogP contribution is -1.80. The van der Waals surface area contributed by atoms with Crippen molar-refractivity contribution >= 4 is 24.3 Å². The van der Waals surface area contributed by atoms with Crippen LogP contribution in [0.3, 0.4) is 0 Å². The van der Waals surface area contributed by atoms with E-state index in [1.807, 2.05) is 67.5 Å². The van der Waals surface area contributed by atoms with Crippen LogP contribution < -0.4 is 0 Å². The molecule has 0 bridgehead atoms. The molecule has 0 radical (unpaired) electrons. The molecule has 0 fully saturated rings. The highest BCUT2D eigenvalue weighted by Gasteiger charge is 1.98. The minimum atomic E-state index is 1.20. The summed E-state index contributed by atoms with van der Waals surface area (Å²) in [6.45, 7) is 16.0. The van der Waals surface area contributed by atoms with E-state index >= 15 is 0 Å². The van der Waals surface area contributed by atoms with Gasteiger partial charge in [-0.1, -0.05) is 189 Å². The summed E-state index contributed by atoms with van der Waals surface area (Å²) in [6.07, 6.45) is 8.58. The molecule has 0 aliphatic rings. The summed E-state index contributed by atoms with van der Waals surface area (Å²) < 4.78 is 0. The SMILES string of the molecule is C(=Cc1ccc(-c2ccc(C=Cc3ccccc3)cc2)cc1)c1ccccc1.CC.CC.CC.CC. The van der Waals surface area contributed by atoms with Gasteiger partial charge < -0.3 is 0 Å². The summed E-state index contributed by atoms with van der Waals surface area (Å²) in [5.41, 5.74) is 7.30. The minimum Gasteiger partial charge on any atom is -0.0683 e. The maximum Gasteiger partial charge on any atom is -0.0184 e. The third-order valence-corrected chi connectivity index (χ3v) is 4.69. The molecule has 0 saturated heterocycles. The first-order chi connectivity index (χ1) is 17.9. The lowest BCUT2D eigenvalue weighted by molar-refractivity contribution is 1.50. The number of hydrogen-bond acceptors (Lipinski definition) is 0. The molecule has 0 unspecified atom stereocenters. The van der Waals surface area contributed by atoms with Crippen molar-refractivity contribution in [2.75, 3.05) is 0 Å². The van der Waals surface area contributed by atoms with Gasteiger partial charge in [0.25, 0.3) is 0 Å². The zero-order valence-electron chi connectivity index (χ0n) is 23.7. The van der Waals surface area contributed by atoms with Crippen molar-refractivity contribution < 1.29 is 0 Å². The Bertz CT molecular complexity index is 961. The van der Waals surface area contributed by atoms with Crippen LogP contribution in [0.15, 0.2) is 109 Å². The van der Waals surface area contributed by atoms with Gasteiger partial charge in [-0.25, -0.2) is 0 Å². The van der Waals surface area contributed by atoms with Gasteiger partial charge in [-0.15, -0.1) is 0 Å². The predicted molar refractivity (Wildman–Crippen MR) is 168 cm³/mol. The molecule has 0 heterocycles. The van der Waals surface area contributed by atoms with Gasteiger partial charge in [0.05, 0.1) is 0 Å². The fourth-order valence-corrected chi connectivity index (χ4v) is 3.09. The van der Waals surface area contributed by atoms with Crippen LogP contribution in [0.5, 0.6) is 0 Å². The summed E-state index contributed by atoms with van der Waals surface area (Å²) in [6, 6.07) is 38.1. The smallest absolute Gasteiger partial charge is 0.0184 e. The molecule has 0 saturated carbocycles. The first-order valence-corrected chi connectivity index (χ1v) is 13.5. The van der Waals surface area contributed by atoms with Crippen molar-refractivity contribution in [3.8, 4) is 11.1 Å². The van der Waals surface area contributed by atoms with E-state index in [1.165, 1.54) is 33.4 Å². The lowest BCUT2D eigenvalue weighted by Gasteiger charge is -2.03. The molecule has 0 N–H and O–H groups in total. The summed E-state index contributed by atoms with van der Waals surface area (Å²) in [4.78, 5) is 0. The summed E-state index contributed by atoms with van der Waals surface area (Å²) in [7, 11) is 0. The molecule has 4 aromatic rings. The molecular formula is C36H46. The summed E-state index contributed by atoms with van der Waals surface area (Å²) in [5, 5.41) is 0. The van der Waals surface area contributed by atoms with Gasteiger partial charge >= 0.3 is 0 Å². The van der Waals surface area contributed by atoms with Gasteiger partial charge in [0, 0.05) is 0 Å². The molecule has 0 atom stereocenters. The van der Waals surface area contributed by atoms with Crippen molar-refractivity contribution in [1.82, 2.24) is 0 Å². The third-order valence-electron chi connectivity index (χ3n) is 4.69. The zero-order valence-corrected chi connectivity index (χ0v) is 23.7. The Balaban J connectivity index is 0.00000140. The standard InChI is InChI=1S/C28H22.4C2H6/c1-3-7-23(8-4-1)11-13-25-15-19-27(20-16-25)28-21-17-26(18-22-28)14-12-24-9-5-2-6-10-24;4*1-2/h1-22H;4*1-2H3. The highest BCUT2D eigenvalue weighted by molar-refractivity contribution is 5.74. The Morgan fingerprint density at radius 3 is 0.750 bits per heavy atom. The first-order valence-electron chi connectivity index (χ1n) is 13.5. The molecule has 36 heavy (non-hydrogen) atoms. The van der Waals surface area contributed by atoms with Crippen LogP contribution in [0.2, 0.25) is 0 Å². The predicted octanol–water partition coefficient (Wildman–Crippen LogP) is 11.8. The topological polar surface area (TPSA) is 0 Å². The van der Waals surface area contributed by atoms with E-state index in [0.29, 0.717) is 0 Å². The largest absolute Gasteiger partial charge is 0.0683 e. The van der Waals surface area contributed by atoms with E-state index < -0.39 is 0 Å². The van der Waals surface area contributed by atoms with Crippen LogP contribution in [0.25, 0.3) is 35.4 Å². The molecule has 0 spiro atoms. The second-order valence-corrected chi connectivity index (χ2v) is 6.73. The van der Waals surface area contributed by atoms with Gasteiger partial charge in [0.2, 0.25) is 0 Å². The second-order valence-electron chi connectivity index (χ2n) is 6.73. The van der Waals surface area contributed by atoms with Crippen LogP contribution in [-0.2, 0) is 0 Å². The third kappa shape index (κ3) is 12.2. The Morgan fingerprint density at radius 2 is 0.500 bits per heavy atom. The van der Waals surface area contributed by atoms with Crippen molar-refractivity contribution in [1.29, 1.82) is 0 Å². The van der Waals surface area contributed by atoms with Crippen LogP contribution in [0.4, 0.5) is 0 Å². The maximum atomic E-state index is 2.18. The maximum absolute atomic E-state index is 2.18. The monoisotopic (exact) mass is 478 g/mol. The molecule has 4 aromatic carbocycles. The molecule has 0 aliphatic carbocycles. The van der Waals surface area contributed by atoms with E-state index in [4.69, 9.17) is 0 Å². The minimum absolute atomic E-state index is 1.20. The van der Waals surface area contributed by atoms with E-state index in [-0.39, 0.29) is 0 Å². The lowest BCUT2D eigenvalue weighted by atomic mass is 10.0. The van der Waals surface area contributed by atoms with E-state index in [0.717, 1.165) is 0 Å². The van der Waals surface area contributed by atoms with Crippen LogP contribution >= 0.6 is 0 Å². The van der Waals surface area contributed by atoms with Crippen molar-refractivity contribution in [3.63, 3.8) is 0 Å². The van der Waals surface area contributed by atoms with Crippen LogP contribution in [-0.4, -0.2) is 0 Å². The van der Waals surface area contributed by atoms with Crippen molar-refractivity contribution in [2.45, 2.75) is 55.4 Å². The van der Waals surface area contributed by atoms with Gasteiger partial charge in [0.15, 0.2) is 0 Å². The van der Waals surface area contributed by atoms with Crippen molar-refractivity contribution in [3.05, 3.63) is 131 Å². The molecular weight excluding hydrogens is 432 g/mol. The number of rotatable bonds is 5. The van der Waals surface area contributed by atoms with Gasteiger partial charge in [-0.3, -0.25) is 0 Å². The normalized spacial score (nSPS) is 9.44. The summed E-state index contributed by atoms with van der Waals surface area (Å²) >= 11 is 0. The number of benzene rings is 4. The first kappa shape index (κ1) is 32.4. The quantitative estimate of drug-likeness (QED) is 0.250. The van der Waals surface area contributed by atoms with Crippen molar-refractivity contribution in [2.24, 2.45) is 0 Å². The Kier molecular flexibility index (Phi) is 19.7. The molecule has 0 heteroatoms. The Labute approximate surface area is 222 Å². The fraction of sp³-hybridized carbons (Fsp3) is 0.222. The molecule has 190 valence electrons. The Hall–Kier alpha value is -3.64. The highest BCUT2D eigenvalue weighted by Crippen LogP contribution is 2.22.